The second-order valence-corrected chi connectivity index (χ2v) is 11.0. The summed E-state index contributed by atoms with van der Waals surface area (Å²) >= 11 is 0. The Morgan fingerprint density at radius 3 is 1.48 bits per heavy atom. The molecule has 3 atom stereocenters. The summed E-state index contributed by atoms with van der Waals surface area (Å²) in [6, 6.07) is 0. The molecule has 3 fully saturated rings. The van der Waals surface area contributed by atoms with Crippen molar-refractivity contribution >= 4 is 11.9 Å². The van der Waals surface area contributed by atoms with E-state index in [1.807, 2.05) is 0 Å². The second-order valence-electron chi connectivity index (χ2n) is 11.0. The number of carbonyl (C=O) groups is 2. The average molecular weight is 435 g/mol. The largest absolute Gasteiger partial charge is 0.465 e. The standard InChI is InChI=1S/C27H46O4/c1-4-20-7-11-22(12-8-20)17-30-26(28)24-15-6-19(3)16-25(24)27(29)31-18-23-13-9-21(5-2)10-14-23/h19-25H,4-18H2,1-3H3. The SMILES string of the molecule is CCC1CCC(COC(=O)C2CCC(C)CC2C(=O)OCC2CCC(CC)CC2)CC1. The van der Waals surface area contributed by atoms with Crippen molar-refractivity contribution in [1.82, 2.24) is 0 Å². The van der Waals surface area contributed by atoms with Crippen LogP contribution in [0.4, 0.5) is 0 Å². The lowest BCUT2D eigenvalue weighted by molar-refractivity contribution is -0.165. The third kappa shape index (κ3) is 7.22. The summed E-state index contributed by atoms with van der Waals surface area (Å²) in [6.07, 6.45) is 14.7. The van der Waals surface area contributed by atoms with Crippen LogP contribution in [0.15, 0.2) is 0 Å². The Morgan fingerprint density at radius 1 is 0.613 bits per heavy atom. The van der Waals surface area contributed by atoms with Gasteiger partial charge in [0, 0.05) is 0 Å². The smallest absolute Gasteiger partial charge is 0.309 e. The first-order valence-corrected chi connectivity index (χ1v) is 13.3. The van der Waals surface area contributed by atoms with Crippen molar-refractivity contribution in [1.29, 1.82) is 0 Å². The summed E-state index contributed by atoms with van der Waals surface area (Å²) < 4.78 is 11.6. The molecule has 0 amide bonds. The van der Waals surface area contributed by atoms with Gasteiger partial charge in [0.2, 0.25) is 0 Å². The maximum absolute atomic E-state index is 13.0. The summed E-state index contributed by atoms with van der Waals surface area (Å²) in [5.41, 5.74) is 0. The highest BCUT2D eigenvalue weighted by atomic mass is 16.5. The van der Waals surface area contributed by atoms with Gasteiger partial charge in [0.15, 0.2) is 0 Å². The van der Waals surface area contributed by atoms with Gasteiger partial charge in [-0.2, -0.15) is 0 Å². The summed E-state index contributed by atoms with van der Waals surface area (Å²) in [6.45, 7) is 7.78. The van der Waals surface area contributed by atoms with Crippen molar-refractivity contribution in [3.05, 3.63) is 0 Å². The van der Waals surface area contributed by atoms with Crippen molar-refractivity contribution in [2.45, 2.75) is 104 Å². The molecular weight excluding hydrogens is 388 g/mol. The molecule has 0 bridgehead atoms. The molecule has 0 aromatic rings. The van der Waals surface area contributed by atoms with Gasteiger partial charge >= 0.3 is 11.9 Å². The van der Waals surface area contributed by atoms with Gasteiger partial charge in [0.25, 0.3) is 0 Å². The molecule has 0 radical (unpaired) electrons. The maximum atomic E-state index is 13.0. The number of esters is 2. The van der Waals surface area contributed by atoms with Crippen LogP contribution in [0.3, 0.4) is 0 Å². The van der Waals surface area contributed by atoms with E-state index in [0.29, 0.717) is 31.0 Å². The molecule has 0 aromatic carbocycles. The molecule has 0 saturated heterocycles. The van der Waals surface area contributed by atoms with Gasteiger partial charge < -0.3 is 9.47 Å². The Hall–Kier alpha value is -1.06. The molecule has 3 rings (SSSR count). The quantitative estimate of drug-likeness (QED) is 0.406. The predicted octanol–water partition coefficient (Wildman–Crippen LogP) is 6.56. The fourth-order valence-corrected chi connectivity index (χ4v) is 6.15. The molecule has 3 aliphatic rings. The normalized spacial score (nSPS) is 36.5. The van der Waals surface area contributed by atoms with Gasteiger partial charge in [0.05, 0.1) is 25.0 Å². The van der Waals surface area contributed by atoms with Gasteiger partial charge in [0.1, 0.15) is 0 Å². The van der Waals surface area contributed by atoms with Crippen LogP contribution in [-0.4, -0.2) is 25.2 Å². The molecule has 3 aliphatic carbocycles. The fraction of sp³-hybridized carbons (Fsp3) is 0.926. The minimum Gasteiger partial charge on any atom is -0.465 e. The lowest BCUT2D eigenvalue weighted by Crippen LogP contribution is -2.38. The highest BCUT2D eigenvalue weighted by molar-refractivity contribution is 5.82. The van der Waals surface area contributed by atoms with Crippen LogP contribution < -0.4 is 0 Å². The lowest BCUT2D eigenvalue weighted by atomic mass is 9.74. The van der Waals surface area contributed by atoms with Gasteiger partial charge in [-0.25, -0.2) is 0 Å². The predicted molar refractivity (Wildman–Crippen MR) is 123 cm³/mol. The Labute approximate surface area is 190 Å². The lowest BCUT2D eigenvalue weighted by Gasteiger charge is -2.33. The summed E-state index contributed by atoms with van der Waals surface area (Å²) in [4.78, 5) is 25.9. The van der Waals surface area contributed by atoms with Crippen molar-refractivity contribution in [3.63, 3.8) is 0 Å². The van der Waals surface area contributed by atoms with E-state index in [9.17, 15) is 9.59 Å². The molecule has 4 heteroatoms. The van der Waals surface area contributed by atoms with Crippen LogP contribution in [0.25, 0.3) is 0 Å². The Kier molecular flexibility index (Phi) is 9.72. The topological polar surface area (TPSA) is 52.6 Å². The first kappa shape index (κ1) is 24.6. The van der Waals surface area contributed by atoms with Crippen molar-refractivity contribution < 1.29 is 19.1 Å². The van der Waals surface area contributed by atoms with Crippen molar-refractivity contribution in [3.8, 4) is 0 Å². The molecule has 0 spiro atoms. The number of ether oxygens (including phenoxy) is 2. The average Bonchev–Trinajstić information content (AvgIpc) is 2.81. The van der Waals surface area contributed by atoms with E-state index in [-0.39, 0.29) is 23.8 Å². The Balaban J connectivity index is 1.45. The van der Waals surface area contributed by atoms with Crippen LogP contribution in [0, 0.1) is 41.4 Å². The Morgan fingerprint density at radius 2 is 1.03 bits per heavy atom. The molecule has 0 aromatic heterocycles. The molecule has 0 N–H and O–H groups in total. The van der Waals surface area contributed by atoms with E-state index < -0.39 is 0 Å². The highest BCUT2D eigenvalue weighted by Gasteiger charge is 2.40. The van der Waals surface area contributed by atoms with E-state index in [2.05, 4.69) is 20.8 Å². The molecule has 31 heavy (non-hydrogen) atoms. The zero-order valence-corrected chi connectivity index (χ0v) is 20.3. The third-order valence-electron chi connectivity index (χ3n) is 8.73. The molecule has 0 heterocycles. The van der Waals surface area contributed by atoms with E-state index in [0.717, 1.165) is 31.1 Å². The van der Waals surface area contributed by atoms with Gasteiger partial charge in [-0.1, -0.05) is 59.3 Å². The maximum Gasteiger partial charge on any atom is 0.309 e. The minimum absolute atomic E-state index is 0.157. The molecular formula is C27H46O4. The zero-order valence-electron chi connectivity index (χ0n) is 20.3. The first-order chi connectivity index (χ1) is 15.0. The molecule has 3 saturated carbocycles. The van der Waals surface area contributed by atoms with E-state index in [1.165, 1.54) is 64.2 Å². The van der Waals surface area contributed by atoms with E-state index in [4.69, 9.17) is 9.47 Å². The number of hydrogen-bond acceptors (Lipinski definition) is 4. The highest BCUT2D eigenvalue weighted by Crippen LogP contribution is 2.37. The van der Waals surface area contributed by atoms with Gasteiger partial charge in [-0.15, -0.1) is 0 Å². The monoisotopic (exact) mass is 434 g/mol. The summed E-state index contributed by atoms with van der Waals surface area (Å²) in [7, 11) is 0. The molecule has 0 aliphatic heterocycles. The summed E-state index contributed by atoms with van der Waals surface area (Å²) in [5, 5.41) is 0. The summed E-state index contributed by atoms with van der Waals surface area (Å²) in [5.74, 6) is 2.21. The van der Waals surface area contributed by atoms with Crippen LogP contribution >= 0.6 is 0 Å². The second kappa shape index (κ2) is 12.3. The minimum atomic E-state index is -0.320. The van der Waals surface area contributed by atoms with E-state index >= 15 is 0 Å². The van der Waals surface area contributed by atoms with Gasteiger partial charge in [-0.3, -0.25) is 9.59 Å². The van der Waals surface area contributed by atoms with Gasteiger partial charge in [-0.05, 0) is 74.5 Å². The zero-order chi connectivity index (χ0) is 22.2. The van der Waals surface area contributed by atoms with Crippen molar-refractivity contribution in [2.75, 3.05) is 13.2 Å². The molecule has 4 nitrogen and oxygen atoms in total. The van der Waals surface area contributed by atoms with E-state index in [1.54, 1.807) is 0 Å². The van der Waals surface area contributed by atoms with Crippen molar-refractivity contribution in [2.24, 2.45) is 41.4 Å². The van der Waals surface area contributed by atoms with Crippen LogP contribution in [0.5, 0.6) is 0 Å². The van der Waals surface area contributed by atoms with Crippen LogP contribution in [0.2, 0.25) is 0 Å². The van der Waals surface area contributed by atoms with Crippen LogP contribution in [0.1, 0.15) is 104 Å². The third-order valence-corrected chi connectivity index (χ3v) is 8.73. The Bertz CT molecular complexity index is 558. The fourth-order valence-electron chi connectivity index (χ4n) is 6.15. The number of carbonyl (C=O) groups excluding carboxylic acids is 2. The van der Waals surface area contributed by atoms with Crippen LogP contribution in [-0.2, 0) is 19.1 Å². The first-order valence-electron chi connectivity index (χ1n) is 13.3. The molecule has 178 valence electrons. The number of rotatable bonds is 8. The molecule has 3 unspecified atom stereocenters. The number of hydrogen-bond donors (Lipinski definition) is 0.